The van der Waals surface area contributed by atoms with E-state index in [2.05, 4.69) is 0 Å². The van der Waals surface area contributed by atoms with Gasteiger partial charge in [-0.15, -0.1) is 11.8 Å². The van der Waals surface area contributed by atoms with Gasteiger partial charge in [-0.25, -0.2) is 4.79 Å². The first-order chi connectivity index (χ1) is 13.0. The molecule has 2 heterocycles. The summed E-state index contributed by atoms with van der Waals surface area (Å²) in [6.07, 6.45) is 0.475. The van der Waals surface area contributed by atoms with Gasteiger partial charge >= 0.3 is 5.63 Å². The zero-order chi connectivity index (χ0) is 19.0. The fourth-order valence-electron chi connectivity index (χ4n) is 3.09. The van der Waals surface area contributed by atoms with Crippen molar-refractivity contribution in [1.82, 2.24) is 0 Å². The number of benzene rings is 2. The number of hydrogen-bond donors (Lipinski definition) is 1. The number of hydrogen-bond acceptors (Lipinski definition) is 5. The molecule has 0 saturated carbocycles. The molecule has 0 bridgehead atoms. The average molecular weight is 398 g/mol. The second-order valence-electron chi connectivity index (χ2n) is 6.29. The van der Waals surface area contributed by atoms with Gasteiger partial charge in [0.25, 0.3) is 0 Å². The third-order valence-electron chi connectivity index (χ3n) is 4.35. The normalized spacial score (nSPS) is 16.4. The lowest BCUT2D eigenvalue weighted by atomic mass is 10.0. The van der Waals surface area contributed by atoms with Crippen LogP contribution in [0.15, 0.2) is 73.7 Å². The number of nitrogens with zero attached hydrogens (tertiary/aromatic N) is 1. The molecule has 0 unspecified atom stereocenters. The molecule has 4 nitrogen and oxygen atoms in total. The number of thioether (sulfide) groups is 1. The van der Waals surface area contributed by atoms with Gasteiger partial charge in [-0.05, 0) is 36.8 Å². The van der Waals surface area contributed by atoms with Crippen LogP contribution < -0.4 is 5.63 Å². The highest BCUT2D eigenvalue weighted by molar-refractivity contribution is 7.99. The first kappa shape index (κ1) is 17.9. The van der Waals surface area contributed by atoms with Gasteiger partial charge in [0.15, 0.2) is 0 Å². The van der Waals surface area contributed by atoms with Gasteiger partial charge in [0.1, 0.15) is 17.1 Å². The van der Waals surface area contributed by atoms with Crippen LogP contribution >= 0.6 is 23.4 Å². The molecule has 1 atom stereocenters. The van der Waals surface area contributed by atoms with E-state index in [-0.39, 0.29) is 16.6 Å². The van der Waals surface area contributed by atoms with Crippen LogP contribution in [0.3, 0.4) is 0 Å². The summed E-state index contributed by atoms with van der Waals surface area (Å²) in [4.78, 5) is 18.2. The van der Waals surface area contributed by atoms with Gasteiger partial charge in [0, 0.05) is 27.7 Å². The van der Waals surface area contributed by atoms with Crippen LogP contribution in [0, 0.1) is 6.92 Å². The van der Waals surface area contributed by atoms with Crippen molar-refractivity contribution < 1.29 is 9.52 Å². The lowest BCUT2D eigenvalue weighted by Crippen LogP contribution is -2.16. The molecular weight excluding hydrogens is 382 g/mol. The minimum atomic E-state index is -0.578. The summed E-state index contributed by atoms with van der Waals surface area (Å²) in [6, 6.07) is 16.9. The Kier molecular flexibility index (Phi) is 4.81. The topological polar surface area (TPSA) is 62.8 Å². The molecule has 136 valence electrons. The molecule has 4 rings (SSSR count). The van der Waals surface area contributed by atoms with Crippen molar-refractivity contribution in [3.05, 3.63) is 86.9 Å². The Hall–Kier alpha value is -2.50. The lowest BCUT2D eigenvalue weighted by molar-refractivity contribution is 0.432. The van der Waals surface area contributed by atoms with E-state index in [1.54, 1.807) is 18.7 Å². The predicted octanol–water partition coefficient (Wildman–Crippen LogP) is 5.67. The van der Waals surface area contributed by atoms with Crippen molar-refractivity contribution in [2.24, 2.45) is 4.99 Å². The maximum Gasteiger partial charge on any atom is 0.348 e. The fraction of sp³-hybridized carbons (Fsp3) is 0.143. The molecule has 0 saturated heterocycles. The van der Waals surface area contributed by atoms with E-state index >= 15 is 0 Å². The molecule has 0 spiro atoms. The van der Waals surface area contributed by atoms with Gasteiger partial charge in [0.2, 0.25) is 0 Å². The number of aryl methyl sites for hydroxylation is 1. The van der Waals surface area contributed by atoms with E-state index in [9.17, 15) is 9.90 Å². The zero-order valence-electron chi connectivity index (χ0n) is 14.5. The Balaban J connectivity index is 1.86. The van der Waals surface area contributed by atoms with Crippen LogP contribution in [0.4, 0.5) is 5.69 Å². The Bertz CT molecular complexity index is 1090. The molecule has 0 amide bonds. The van der Waals surface area contributed by atoms with E-state index in [1.807, 2.05) is 48.5 Å². The van der Waals surface area contributed by atoms with Crippen molar-refractivity contribution >= 4 is 34.8 Å². The number of halogens is 1. The number of rotatable bonds is 2. The number of para-hydroxylation sites is 1. The second-order valence-corrected chi connectivity index (χ2v) is 7.97. The predicted molar refractivity (Wildman–Crippen MR) is 109 cm³/mol. The van der Waals surface area contributed by atoms with Gasteiger partial charge in [-0.3, -0.25) is 4.99 Å². The van der Waals surface area contributed by atoms with Crippen LogP contribution in [0.25, 0.3) is 0 Å². The highest BCUT2D eigenvalue weighted by atomic mass is 35.5. The van der Waals surface area contributed by atoms with E-state index < -0.39 is 5.63 Å². The summed E-state index contributed by atoms with van der Waals surface area (Å²) in [5.41, 5.74) is 1.90. The van der Waals surface area contributed by atoms with Gasteiger partial charge < -0.3 is 9.52 Å². The summed E-state index contributed by atoms with van der Waals surface area (Å²) >= 11 is 7.71. The third-order valence-corrected chi connectivity index (χ3v) is 5.93. The average Bonchev–Trinajstić information content (AvgIpc) is 2.81. The molecular formula is C21H16ClNO3S. The molecule has 6 heteroatoms. The standard InChI is InChI=1S/C21H16ClNO3S/c1-12-10-17(24)20(21(25)26-12)16-11-19(13-6-8-14(22)9-7-13)27-18-5-3-2-4-15(18)23-16/h2-10,19,24H,11H2,1H3/t19-/m0/s1. The molecule has 27 heavy (non-hydrogen) atoms. The van der Waals surface area contributed by atoms with Crippen molar-refractivity contribution in [2.75, 3.05) is 0 Å². The Labute approximate surface area is 165 Å². The van der Waals surface area contributed by atoms with Gasteiger partial charge in [0.05, 0.1) is 11.4 Å². The van der Waals surface area contributed by atoms with Crippen LogP contribution in [0.1, 0.15) is 28.6 Å². The Morgan fingerprint density at radius 3 is 2.67 bits per heavy atom. The molecule has 0 fully saturated rings. The first-order valence-electron chi connectivity index (χ1n) is 8.44. The van der Waals surface area contributed by atoms with Gasteiger partial charge in [-0.1, -0.05) is 35.9 Å². The first-order valence-corrected chi connectivity index (χ1v) is 9.70. The Morgan fingerprint density at radius 2 is 1.93 bits per heavy atom. The number of aromatic hydroxyl groups is 1. The number of fused-ring (bicyclic) bond motifs is 1. The molecule has 3 aromatic rings. The summed E-state index contributed by atoms with van der Waals surface area (Å²) < 4.78 is 5.21. The van der Waals surface area contributed by atoms with E-state index in [0.717, 1.165) is 16.1 Å². The van der Waals surface area contributed by atoms with Crippen LogP contribution in [0.2, 0.25) is 5.02 Å². The van der Waals surface area contributed by atoms with Crippen molar-refractivity contribution in [3.8, 4) is 5.75 Å². The SMILES string of the molecule is Cc1cc(O)c(C2=Nc3ccccc3S[C@H](c3ccc(Cl)cc3)C2)c(=O)o1. The summed E-state index contributed by atoms with van der Waals surface area (Å²) in [5.74, 6) is 0.251. The summed E-state index contributed by atoms with van der Waals surface area (Å²) in [7, 11) is 0. The lowest BCUT2D eigenvalue weighted by Gasteiger charge is -2.16. The molecule has 1 aliphatic heterocycles. The molecule has 1 aliphatic rings. The smallest absolute Gasteiger partial charge is 0.348 e. The van der Waals surface area contributed by atoms with Crippen molar-refractivity contribution in [2.45, 2.75) is 23.5 Å². The molecule has 1 aromatic heterocycles. The van der Waals surface area contributed by atoms with Gasteiger partial charge in [-0.2, -0.15) is 0 Å². The minimum Gasteiger partial charge on any atom is -0.507 e. The molecule has 0 radical (unpaired) electrons. The maximum absolute atomic E-state index is 12.4. The fourth-order valence-corrected chi connectivity index (χ4v) is 4.45. The second kappa shape index (κ2) is 7.25. The Morgan fingerprint density at radius 1 is 1.19 bits per heavy atom. The quantitative estimate of drug-likeness (QED) is 0.605. The van der Waals surface area contributed by atoms with E-state index in [0.29, 0.717) is 22.9 Å². The highest BCUT2D eigenvalue weighted by Crippen LogP contribution is 2.45. The monoisotopic (exact) mass is 397 g/mol. The van der Waals surface area contributed by atoms with Crippen LogP contribution in [0.5, 0.6) is 5.75 Å². The molecule has 1 N–H and O–H groups in total. The minimum absolute atomic E-state index is 0.0183. The van der Waals surface area contributed by atoms with Crippen molar-refractivity contribution in [3.63, 3.8) is 0 Å². The van der Waals surface area contributed by atoms with E-state index in [4.69, 9.17) is 21.0 Å². The third kappa shape index (κ3) is 3.66. The summed E-state index contributed by atoms with van der Waals surface area (Å²) in [6.45, 7) is 1.63. The zero-order valence-corrected chi connectivity index (χ0v) is 16.1. The summed E-state index contributed by atoms with van der Waals surface area (Å²) in [5, 5.41) is 11.1. The van der Waals surface area contributed by atoms with Crippen LogP contribution in [-0.4, -0.2) is 10.8 Å². The number of aliphatic imine (C=N–C) groups is 1. The largest absolute Gasteiger partial charge is 0.507 e. The van der Waals surface area contributed by atoms with Crippen LogP contribution in [-0.2, 0) is 0 Å². The van der Waals surface area contributed by atoms with E-state index in [1.165, 1.54) is 6.07 Å². The molecule has 2 aromatic carbocycles. The highest BCUT2D eigenvalue weighted by Gasteiger charge is 2.26. The van der Waals surface area contributed by atoms with Crippen molar-refractivity contribution in [1.29, 1.82) is 0 Å². The molecule has 0 aliphatic carbocycles. The maximum atomic E-state index is 12.4.